The van der Waals surface area contributed by atoms with Crippen LogP contribution in [0.1, 0.15) is 35.6 Å². The summed E-state index contributed by atoms with van der Waals surface area (Å²) in [4.78, 5) is 8.20. The number of piperidine rings is 1. The predicted octanol–water partition coefficient (Wildman–Crippen LogP) is 5.57. The van der Waals surface area contributed by atoms with E-state index in [0.717, 1.165) is 60.0 Å². The number of hydrogen-bond donors (Lipinski definition) is 2. The molecule has 3 aromatic heterocycles. The third-order valence-corrected chi connectivity index (χ3v) is 6.84. The molecule has 5 heteroatoms. The van der Waals surface area contributed by atoms with Crippen LogP contribution in [0.4, 0.5) is 0 Å². The predicted molar refractivity (Wildman–Crippen MR) is 132 cm³/mol. The first-order chi connectivity index (χ1) is 16.3. The molecule has 5 aromatic rings. The minimum absolute atomic E-state index is 0.553. The van der Waals surface area contributed by atoms with Crippen LogP contribution in [-0.4, -0.2) is 27.6 Å². The second-order valence-electron chi connectivity index (χ2n) is 8.87. The molecule has 0 amide bonds. The Kier molecular flexibility index (Phi) is 4.93. The third-order valence-electron chi connectivity index (χ3n) is 6.84. The maximum atomic E-state index is 9.69. The number of nitriles is 1. The molecule has 1 aliphatic heterocycles. The normalized spacial score (nSPS) is 14.6. The molecule has 2 aromatic carbocycles. The van der Waals surface area contributed by atoms with E-state index in [9.17, 15) is 5.26 Å². The van der Waals surface area contributed by atoms with Crippen molar-refractivity contribution in [1.29, 1.82) is 5.26 Å². The molecule has 162 valence electrons. The number of aromatic amines is 1. The molecule has 0 saturated carbocycles. The van der Waals surface area contributed by atoms with Gasteiger partial charge in [-0.15, -0.1) is 0 Å². The molecule has 1 fully saturated rings. The quantitative estimate of drug-likeness (QED) is 0.391. The fourth-order valence-electron chi connectivity index (χ4n) is 5.11. The van der Waals surface area contributed by atoms with E-state index in [1.807, 2.05) is 18.5 Å². The highest BCUT2D eigenvalue weighted by molar-refractivity contribution is 5.97. The zero-order chi connectivity index (χ0) is 22.2. The van der Waals surface area contributed by atoms with Gasteiger partial charge in [-0.2, -0.15) is 5.26 Å². The second kappa shape index (κ2) is 8.23. The molecule has 0 unspecified atom stereocenters. The van der Waals surface area contributed by atoms with Crippen LogP contribution < -0.4 is 5.32 Å². The first kappa shape index (κ1) is 19.8. The Balaban J connectivity index is 1.45. The number of hydrogen-bond acceptors (Lipinski definition) is 3. The molecule has 33 heavy (non-hydrogen) atoms. The number of nitrogens with zero attached hydrogens (tertiary/aromatic N) is 3. The highest BCUT2D eigenvalue weighted by Gasteiger charge is 2.19. The van der Waals surface area contributed by atoms with E-state index in [0.29, 0.717) is 11.5 Å². The fraction of sp³-hybridized carbons (Fsp3) is 0.214. The standard InChI is InChI=1S/C28H25N5/c29-16-22-18-33(17-19-4-2-1-3-5-19)27-14-21(6-7-24(22)27)23-10-13-31-28-25(23)15-26(32-28)20-8-11-30-12-9-20/h1-7,10,13-15,18,20,30H,8-9,11-12,17H2,(H,31,32). The molecule has 2 N–H and O–H groups in total. The fourth-order valence-corrected chi connectivity index (χ4v) is 5.11. The lowest BCUT2D eigenvalue weighted by Crippen LogP contribution is -2.26. The lowest BCUT2D eigenvalue weighted by molar-refractivity contribution is 0.455. The average Bonchev–Trinajstić information content (AvgIpc) is 3.46. The number of H-pyrrole nitrogens is 1. The largest absolute Gasteiger partial charge is 0.343 e. The van der Waals surface area contributed by atoms with Crippen LogP contribution in [0.15, 0.2) is 73.1 Å². The van der Waals surface area contributed by atoms with E-state index in [4.69, 9.17) is 0 Å². The van der Waals surface area contributed by atoms with Gasteiger partial charge in [0.15, 0.2) is 0 Å². The van der Waals surface area contributed by atoms with Gasteiger partial charge in [-0.25, -0.2) is 4.98 Å². The molecule has 6 rings (SSSR count). The SMILES string of the molecule is N#Cc1cn(Cc2ccccc2)c2cc(-c3ccnc4[nH]c(C5CCNCC5)cc34)ccc12. The van der Waals surface area contributed by atoms with Crippen LogP contribution in [0.25, 0.3) is 33.1 Å². The van der Waals surface area contributed by atoms with Crippen molar-refractivity contribution in [2.45, 2.75) is 25.3 Å². The Morgan fingerprint density at radius 1 is 1.00 bits per heavy atom. The molecule has 0 spiro atoms. The van der Waals surface area contributed by atoms with Gasteiger partial charge in [0, 0.05) is 41.3 Å². The molecular formula is C28H25N5. The summed E-state index contributed by atoms with van der Waals surface area (Å²) in [6, 6.07) is 23.6. The Morgan fingerprint density at radius 2 is 1.85 bits per heavy atom. The van der Waals surface area contributed by atoms with E-state index in [1.54, 1.807) is 0 Å². The van der Waals surface area contributed by atoms with Crippen molar-refractivity contribution in [3.8, 4) is 17.2 Å². The Morgan fingerprint density at radius 3 is 2.67 bits per heavy atom. The summed E-state index contributed by atoms with van der Waals surface area (Å²) < 4.78 is 2.18. The molecule has 1 aliphatic rings. The van der Waals surface area contributed by atoms with Crippen molar-refractivity contribution < 1.29 is 0 Å². The van der Waals surface area contributed by atoms with E-state index in [-0.39, 0.29) is 0 Å². The summed E-state index contributed by atoms with van der Waals surface area (Å²) in [5, 5.41) is 15.3. The molecular weight excluding hydrogens is 406 g/mol. The number of rotatable bonds is 4. The van der Waals surface area contributed by atoms with Crippen LogP contribution in [0.2, 0.25) is 0 Å². The van der Waals surface area contributed by atoms with E-state index < -0.39 is 0 Å². The highest BCUT2D eigenvalue weighted by Crippen LogP contribution is 2.34. The summed E-state index contributed by atoms with van der Waals surface area (Å²) >= 11 is 0. The van der Waals surface area contributed by atoms with Crippen LogP contribution in [-0.2, 0) is 6.54 Å². The number of benzene rings is 2. The Labute approximate surface area is 192 Å². The van der Waals surface area contributed by atoms with E-state index in [1.165, 1.54) is 16.8 Å². The van der Waals surface area contributed by atoms with Gasteiger partial charge < -0.3 is 14.9 Å². The van der Waals surface area contributed by atoms with Crippen LogP contribution in [0.3, 0.4) is 0 Å². The topological polar surface area (TPSA) is 69.4 Å². The monoisotopic (exact) mass is 431 g/mol. The zero-order valence-electron chi connectivity index (χ0n) is 18.4. The Bertz CT molecular complexity index is 1480. The minimum atomic E-state index is 0.553. The van der Waals surface area contributed by atoms with E-state index in [2.05, 4.69) is 80.5 Å². The Hall–Kier alpha value is -3.88. The van der Waals surface area contributed by atoms with Gasteiger partial charge in [0.25, 0.3) is 0 Å². The third kappa shape index (κ3) is 3.59. The molecule has 0 bridgehead atoms. The maximum Gasteiger partial charge on any atom is 0.138 e. The summed E-state index contributed by atoms with van der Waals surface area (Å²) in [7, 11) is 0. The van der Waals surface area contributed by atoms with Gasteiger partial charge in [0.2, 0.25) is 0 Å². The lowest BCUT2D eigenvalue weighted by atomic mass is 9.94. The van der Waals surface area contributed by atoms with E-state index >= 15 is 0 Å². The molecule has 0 atom stereocenters. The molecule has 4 heterocycles. The van der Waals surface area contributed by atoms with Crippen LogP contribution in [0, 0.1) is 11.3 Å². The summed E-state index contributed by atoms with van der Waals surface area (Å²) in [6.07, 6.45) is 6.15. The molecule has 1 saturated heterocycles. The van der Waals surface area contributed by atoms with Crippen molar-refractivity contribution in [2.75, 3.05) is 13.1 Å². The smallest absolute Gasteiger partial charge is 0.138 e. The lowest BCUT2D eigenvalue weighted by Gasteiger charge is -2.21. The van der Waals surface area contributed by atoms with Crippen molar-refractivity contribution in [2.24, 2.45) is 0 Å². The van der Waals surface area contributed by atoms with Gasteiger partial charge in [0.05, 0.1) is 11.1 Å². The molecule has 0 aliphatic carbocycles. The summed E-state index contributed by atoms with van der Waals surface area (Å²) in [5.74, 6) is 0.553. The second-order valence-corrected chi connectivity index (χ2v) is 8.87. The maximum absolute atomic E-state index is 9.69. The number of pyridine rings is 1. The van der Waals surface area contributed by atoms with Crippen molar-refractivity contribution in [1.82, 2.24) is 19.9 Å². The van der Waals surface area contributed by atoms with Crippen molar-refractivity contribution in [3.63, 3.8) is 0 Å². The van der Waals surface area contributed by atoms with Gasteiger partial charge in [-0.05, 0) is 60.8 Å². The van der Waals surface area contributed by atoms with Gasteiger partial charge in [0.1, 0.15) is 11.7 Å². The van der Waals surface area contributed by atoms with Gasteiger partial charge in [-0.1, -0.05) is 42.5 Å². The highest BCUT2D eigenvalue weighted by atomic mass is 15.0. The summed E-state index contributed by atoms with van der Waals surface area (Å²) in [6.45, 7) is 2.87. The van der Waals surface area contributed by atoms with Crippen LogP contribution >= 0.6 is 0 Å². The number of aromatic nitrogens is 3. The number of nitrogens with one attached hydrogen (secondary N) is 2. The average molecular weight is 432 g/mol. The van der Waals surface area contributed by atoms with Gasteiger partial charge in [-0.3, -0.25) is 0 Å². The first-order valence-electron chi connectivity index (χ1n) is 11.6. The van der Waals surface area contributed by atoms with Gasteiger partial charge >= 0.3 is 0 Å². The minimum Gasteiger partial charge on any atom is -0.343 e. The van der Waals surface area contributed by atoms with Crippen molar-refractivity contribution in [3.05, 3.63) is 89.9 Å². The molecule has 5 nitrogen and oxygen atoms in total. The summed E-state index contributed by atoms with van der Waals surface area (Å²) in [5.41, 5.74) is 7.54. The molecule has 0 radical (unpaired) electrons. The van der Waals surface area contributed by atoms with Crippen molar-refractivity contribution >= 4 is 21.9 Å². The zero-order valence-corrected chi connectivity index (χ0v) is 18.4. The van der Waals surface area contributed by atoms with Crippen LogP contribution in [0.5, 0.6) is 0 Å². The first-order valence-corrected chi connectivity index (χ1v) is 11.6. The number of fused-ring (bicyclic) bond motifs is 2.